The lowest BCUT2D eigenvalue weighted by Crippen LogP contribution is -2.15. The zero-order valence-electron chi connectivity index (χ0n) is 14.8. The first kappa shape index (κ1) is 18.0. The lowest BCUT2D eigenvalue weighted by atomic mass is 10.2. The van der Waals surface area contributed by atoms with Gasteiger partial charge in [-0.1, -0.05) is 0 Å². The maximum absolute atomic E-state index is 12.3. The van der Waals surface area contributed by atoms with E-state index in [0.717, 1.165) is 5.69 Å². The van der Waals surface area contributed by atoms with Gasteiger partial charge in [0.05, 0.1) is 30.3 Å². The van der Waals surface area contributed by atoms with Gasteiger partial charge in [-0.15, -0.1) is 0 Å². The second-order valence-corrected chi connectivity index (χ2v) is 5.61. The van der Waals surface area contributed by atoms with Crippen molar-refractivity contribution in [1.82, 2.24) is 15.0 Å². The first-order valence-electron chi connectivity index (χ1n) is 8.06. The molecule has 2 heterocycles. The van der Waals surface area contributed by atoms with Crippen LogP contribution in [0.2, 0.25) is 0 Å². The monoisotopic (exact) mass is 363 g/mol. The summed E-state index contributed by atoms with van der Waals surface area (Å²) in [5.74, 6) is -0.301. The predicted octanol–water partition coefficient (Wildman–Crippen LogP) is 2.69. The first-order valence-corrected chi connectivity index (χ1v) is 8.06. The van der Waals surface area contributed by atoms with Gasteiger partial charge in [-0.05, 0) is 31.2 Å². The van der Waals surface area contributed by atoms with Gasteiger partial charge in [-0.2, -0.15) is 0 Å². The number of methoxy groups -OCH3 is 1. The SMILES string of the molecule is COc1cc(NC(=O)c2cnc(C)cn2)ccc1NC(=O)c1cccnc1. The summed E-state index contributed by atoms with van der Waals surface area (Å²) in [7, 11) is 1.48. The van der Waals surface area contributed by atoms with E-state index >= 15 is 0 Å². The Kier molecular flexibility index (Phi) is 5.36. The van der Waals surface area contributed by atoms with Gasteiger partial charge in [0.15, 0.2) is 0 Å². The summed E-state index contributed by atoms with van der Waals surface area (Å²) in [4.78, 5) is 36.5. The van der Waals surface area contributed by atoms with E-state index in [1.54, 1.807) is 43.5 Å². The van der Waals surface area contributed by atoms with Crippen LogP contribution in [0.15, 0.2) is 55.1 Å². The number of pyridine rings is 1. The molecule has 0 spiro atoms. The van der Waals surface area contributed by atoms with E-state index in [-0.39, 0.29) is 11.6 Å². The molecular weight excluding hydrogens is 346 g/mol. The number of rotatable bonds is 5. The molecule has 0 bridgehead atoms. The van der Waals surface area contributed by atoms with Crippen molar-refractivity contribution in [3.05, 3.63) is 72.1 Å². The Morgan fingerprint density at radius 3 is 2.52 bits per heavy atom. The number of amides is 2. The van der Waals surface area contributed by atoms with E-state index < -0.39 is 5.91 Å². The number of ether oxygens (including phenoxy) is 1. The fourth-order valence-corrected chi connectivity index (χ4v) is 2.27. The maximum Gasteiger partial charge on any atom is 0.275 e. The van der Waals surface area contributed by atoms with E-state index in [0.29, 0.717) is 22.7 Å². The number of anilines is 2. The van der Waals surface area contributed by atoms with Gasteiger partial charge in [0.25, 0.3) is 11.8 Å². The van der Waals surface area contributed by atoms with E-state index in [1.165, 1.54) is 25.7 Å². The van der Waals surface area contributed by atoms with Crippen LogP contribution < -0.4 is 15.4 Å². The van der Waals surface area contributed by atoms with Crippen LogP contribution in [-0.4, -0.2) is 33.9 Å². The van der Waals surface area contributed by atoms with Gasteiger partial charge in [0.2, 0.25) is 0 Å². The Labute approximate surface area is 155 Å². The van der Waals surface area contributed by atoms with E-state index in [1.807, 2.05) is 0 Å². The Morgan fingerprint density at radius 1 is 1.00 bits per heavy atom. The van der Waals surface area contributed by atoms with Crippen LogP contribution in [0.1, 0.15) is 26.5 Å². The summed E-state index contributed by atoms with van der Waals surface area (Å²) in [5, 5.41) is 5.48. The van der Waals surface area contributed by atoms with Crippen molar-refractivity contribution in [3.63, 3.8) is 0 Å². The molecule has 27 heavy (non-hydrogen) atoms. The van der Waals surface area contributed by atoms with Crippen molar-refractivity contribution >= 4 is 23.2 Å². The van der Waals surface area contributed by atoms with Crippen molar-refractivity contribution in [2.75, 3.05) is 17.7 Å². The molecule has 0 unspecified atom stereocenters. The summed E-state index contributed by atoms with van der Waals surface area (Å²) in [6, 6.07) is 8.24. The summed E-state index contributed by atoms with van der Waals surface area (Å²) in [6.07, 6.45) is 5.99. The Hall–Kier alpha value is -3.81. The number of nitrogens with one attached hydrogen (secondary N) is 2. The molecule has 0 fully saturated rings. The minimum atomic E-state index is -0.392. The third-order valence-electron chi connectivity index (χ3n) is 3.64. The quantitative estimate of drug-likeness (QED) is 0.722. The summed E-state index contributed by atoms with van der Waals surface area (Å²) >= 11 is 0. The molecular formula is C19H17N5O3. The molecule has 0 radical (unpaired) electrons. The molecule has 1 aromatic carbocycles. The average Bonchev–Trinajstić information content (AvgIpc) is 2.70. The smallest absolute Gasteiger partial charge is 0.275 e. The highest BCUT2D eigenvalue weighted by molar-refractivity contribution is 6.05. The number of nitrogens with zero attached hydrogens (tertiary/aromatic N) is 3. The minimum absolute atomic E-state index is 0.202. The first-order chi connectivity index (χ1) is 13.1. The fourth-order valence-electron chi connectivity index (χ4n) is 2.27. The number of carbonyl (C=O) groups is 2. The molecule has 8 nitrogen and oxygen atoms in total. The molecule has 0 saturated heterocycles. The highest BCUT2D eigenvalue weighted by Gasteiger charge is 2.13. The molecule has 3 aromatic rings. The maximum atomic E-state index is 12.3. The van der Waals surface area contributed by atoms with Gasteiger partial charge >= 0.3 is 0 Å². The minimum Gasteiger partial charge on any atom is -0.494 e. The van der Waals surface area contributed by atoms with Crippen LogP contribution in [0.25, 0.3) is 0 Å². The lowest BCUT2D eigenvalue weighted by Gasteiger charge is -2.12. The van der Waals surface area contributed by atoms with Gasteiger partial charge in [0, 0.05) is 30.3 Å². The molecule has 0 atom stereocenters. The normalized spacial score (nSPS) is 10.1. The van der Waals surface area contributed by atoms with Crippen molar-refractivity contribution in [2.45, 2.75) is 6.92 Å². The van der Waals surface area contributed by atoms with E-state index in [4.69, 9.17) is 4.74 Å². The van der Waals surface area contributed by atoms with Crippen LogP contribution in [0, 0.1) is 6.92 Å². The molecule has 2 amide bonds. The zero-order chi connectivity index (χ0) is 19.2. The van der Waals surface area contributed by atoms with Crippen molar-refractivity contribution < 1.29 is 14.3 Å². The molecule has 0 aliphatic heterocycles. The Balaban J connectivity index is 1.75. The molecule has 3 rings (SSSR count). The van der Waals surface area contributed by atoms with Crippen LogP contribution >= 0.6 is 0 Å². The van der Waals surface area contributed by atoms with Crippen molar-refractivity contribution in [2.24, 2.45) is 0 Å². The standard InChI is InChI=1S/C19H17N5O3/c1-12-9-22-16(11-21-12)19(26)23-14-5-6-15(17(8-14)27-2)24-18(25)13-4-3-7-20-10-13/h3-11H,1-2H3,(H,23,26)(H,24,25). The predicted molar refractivity (Wildman–Crippen MR) is 99.9 cm³/mol. The summed E-state index contributed by atoms with van der Waals surface area (Å²) in [6.45, 7) is 1.79. The van der Waals surface area contributed by atoms with Gasteiger partial charge in [0.1, 0.15) is 11.4 Å². The molecule has 8 heteroatoms. The van der Waals surface area contributed by atoms with Crippen molar-refractivity contribution in [1.29, 1.82) is 0 Å². The Bertz CT molecular complexity index is 959. The molecule has 0 aliphatic carbocycles. The third kappa shape index (κ3) is 4.43. The van der Waals surface area contributed by atoms with E-state index in [2.05, 4.69) is 25.6 Å². The summed E-state index contributed by atoms with van der Waals surface area (Å²) in [5.41, 5.74) is 2.32. The molecule has 0 aliphatic rings. The topological polar surface area (TPSA) is 106 Å². The Morgan fingerprint density at radius 2 is 1.85 bits per heavy atom. The molecule has 0 saturated carbocycles. The number of benzene rings is 1. The number of hydrogen-bond donors (Lipinski definition) is 2. The zero-order valence-corrected chi connectivity index (χ0v) is 14.8. The number of carbonyl (C=O) groups excluding carboxylic acids is 2. The summed E-state index contributed by atoms with van der Waals surface area (Å²) < 4.78 is 5.32. The highest BCUT2D eigenvalue weighted by atomic mass is 16.5. The van der Waals surface area contributed by atoms with E-state index in [9.17, 15) is 9.59 Å². The van der Waals surface area contributed by atoms with Gasteiger partial charge in [-0.3, -0.25) is 19.6 Å². The average molecular weight is 363 g/mol. The number of aryl methyl sites for hydroxylation is 1. The van der Waals surface area contributed by atoms with Crippen LogP contribution in [0.5, 0.6) is 5.75 Å². The second kappa shape index (κ2) is 8.05. The molecule has 2 N–H and O–H groups in total. The number of aromatic nitrogens is 3. The van der Waals surface area contributed by atoms with Gasteiger partial charge < -0.3 is 15.4 Å². The van der Waals surface area contributed by atoms with Crippen LogP contribution in [0.3, 0.4) is 0 Å². The largest absolute Gasteiger partial charge is 0.494 e. The highest BCUT2D eigenvalue weighted by Crippen LogP contribution is 2.28. The van der Waals surface area contributed by atoms with Crippen molar-refractivity contribution in [3.8, 4) is 5.75 Å². The molecule has 2 aromatic heterocycles. The fraction of sp³-hybridized carbons (Fsp3) is 0.105. The molecule has 136 valence electrons. The second-order valence-electron chi connectivity index (χ2n) is 5.61. The van der Waals surface area contributed by atoms with Gasteiger partial charge in [-0.25, -0.2) is 4.98 Å². The van der Waals surface area contributed by atoms with Crippen LogP contribution in [0.4, 0.5) is 11.4 Å². The lowest BCUT2D eigenvalue weighted by molar-refractivity contribution is 0.101. The third-order valence-corrected chi connectivity index (χ3v) is 3.64. The number of hydrogen-bond acceptors (Lipinski definition) is 6. The van der Waals surface area contributed by atoms with Crippen LogP contribution in [-0.2, 0) is 0 Å².